The maximum atomic E-state index is 13.2. The second kappa shape index (κ2) is 7.64. The third-order valence-electron chi connectivity index (χ3n) is 3.72. The molecule has 1 aliphatic heterocycles. The monoisotopic (exact) mass is 424 g/mol. The van der Waals surface area contributed by atoms with Crippen molar-refractivity contribution in [2.75, 3.05) is 12.0 Å². The summed E-state index contributed by atoms with van der Waals surface area (Å²) in [5, 5.41) is 2.80. The second-order valence-corrected chi connectivity index (χ2v) is 6.65. The number of hydrogen-bond acceptors (Lipinski definition) is 4. The highest BCUT2D eigenvalue weighted by Gasteiger charge is 2.34. The van der Waals surface area contributed by atoms with Gasteiger partial charge in [0.25, 0.3) is 11.8 Å². The van der Waals surface area contributed by atoms with Crippen LogP contribution in [0.5, 0.6) is 5.75 Å². The largest absolute Gasteiger partial charge is 0.494 e. The van der Waals surface area contributed by atoms with Crippen LogP contribution in [0.25, 0.3) is 6.08 Å². The summed E-state index contributed by atoms with van der Waals surface area (Å²) in [5.41, 5.74) is 0.574. The molecule has 0 aliphatic carbocycles. The lowest BCUT2D eigenvalue weighted by Gasteiger charge is -2.28. The van der Waals surface area contributed by atoms with Gasteiger partial charge in [0.15, 0.2) is 10.9 Å². The predicted molar refractivity (Wildman–Crippen MR) is 106 cm³/mol. The standard InChI is InChI=1S/C18H11Cl2FN2O3S/c1-26-15-13(19)7-9(8-14(15)20)6-12-16(24)22-18(27)23(17(12)25)11-4-2-10(21)3-5-11/h2-8H,1H3,(H,22,24,27). The Morgan fingerprint density at radius 2 is 1.74 bits per heavy atom. The van der Waals surface area contributed by atoms with Gasteiger partial charge in [-0.05, 0) is 60.3 Å². The molecule has 1 heterocycles. The lowest BCUT2D eigenvalue weighted by molar-refractivity contribution is -0.122. The fourth-order valence-corrected chi connectivity index (χ4v) is 3.45. The van der Waals surface area contributed by atoms with Gasteiger partial charge in [0, 0.05) is 0 Å². The van der Waals surface area contributed by atoms with E-state index < -0.39 is 17.6 Å². The molecule has 0 bridgehead atoms. The van der Waals surface area contributed by atoms with E-state index in [4.69, 9.17) is 40.2 Å². The van der Waals surface area contributed by atoms with E-state index in [9.17, 15) is 14.0 Å². The molecule has 1 fully saturated rings. The van der Waals surface area contributed by atoms with Gasteiger partial charge in [0.1, 0.15) is 11.4 Å². The van der Waals surface area contributed by atoms with E-state index in [1.165, 1.54) is 49.6 Å². The Bertz CT molecular complexity index is 970. The number of methoxy groups -OCH3 is 1. The number of benzene rings is 2. The fourth-order valence-electron chi connectivity index (χ4n) is 2.51. The first kappa shape index (κ1) is 19.3. The van der Waals surface area contributed by atoms with Crippen molar-refractivity contribution in [3.63, 3.8) is 0 Å². The Labute approximate surface area is 169 Å². The number of thiocarbonyl (C=S) groups is 1. The number of nitrogens with zero attached hydrogens (tertiary/aromatic N) is 1. The van der Waals surface area contributed by atoms with Crippen molar-refractivity contribution in [1.29, 1.82) is 0 Å². The molecule has 1 N–H and O–H groups in total. The van der Waals surface area contributed by atoms with Crippen LogP contribution in [0.4, 0.5) is 10.1 Å². The molecule has 2 aromatic carbocycles. The minimum Gasteiger partial charge on any atom is -0.494 e. The van der Waals surface area contributed by atoms with E-state index in [0.717, 1.165) is 4.90 Å². The van der Waals surface area contributed by atoms with Crippen LogP contribution in [0, 0.1) is 5.82 Å². The summed E-state index contributed by atoms with van der Waals surface area (Å²) >= 11 is 17.3. The summed E-state index contributed by atoms with van der Waals surface area (Å²) in [6, 6.07) is 8.16. The third kappa shape index (κ3) is 3.80. The second-order valence-electron chi connectivity index (χ2n) is 5.45. The van der Waals surface area contributed by atoms with Gasteiger partial charge in [-0.3, -0.25) is 19.8 Å². The molecule has 0 unspecified atom stereocenters. The van der Waals surface area contributed by atoms with E-state index in [-0.39, 0.29) is 26.5 Å². The number of anilines is 1. The van der Waals surface area contributed by atoms with E-state index in [2.05, 4.69) is 5.32 Å². The zero-order chi connectivity index (χ0) is 19.7. The highest BCUT2D eigenvalue weighted by atomic mass is 35.5. The number of rotatable bonds is 3. The van der Waals surface area contributed by atoms with Gasteiger partial charge in [0.05, 0.1) is 22.8 Å². The summed E-state index contributed by atoms with van der Waals surface area (Å²) in [4.78, 5) is 26.2. The highest BCUT2D eigenvalue weighted by Crippen LogP contribution is 2.34. The van der Waals surface area contributed by atoms with Crippen LogP contribution in [0.3, 0.4) is 0 Å². The van der Waals surface area contributed by atoms with Crippen molar-refractivity contribution in [3.05, 3.63) is 63.4 Å². The van der Waals surface area contributed by atoms with E-state index in [0.29, 0.717) is 11.3 Å². The summed E-state index contributed by atoms with van der Waals surface area (Å²) in [7, 11) is 1.42. The quantitative estimate of drug-likeness (QED) is 0.460. The Morgan fingerprint density at radius 3 is 2.30 bits per heavy atom. The Hall–Kier alpha value is -2.48. The van der Waals surface area contributed by atoms with E-state index in [1.54, 1.807) is 0 Å². The number of hydrogen-bond donors (Lipinski definition) is 1. The first-order valence-corrected chi connectivity index (χ1v) is 8.68. The van der Waals surface area contributed by atoms with Gasteiger partial charge in [-0.2, -0.15) is 0 Å². The van der Waals surface area contributed by atoms with Crippen LogP contribution in [0.1, 0.15) is 5.56 Å². The van der Waals surface area contributed by atoms with Crippen LogP contribution in [0.2, 0.25) is 10.0 Å². The number of nitrogens with one attached hydrogen (secondary N) is 1. The maximum absolute atomic E-state index is 13.2. The molecule has 2 amide bonds. The van der Waals surface area contributed by atoms with Crippen LogP contribution >= 0.6 is 35.4 Å². The molecule has 0 aromatic heterocycles. The lowest BCUT2D eigenvalue weighted by Crippen LogP contribution is -2.54. The molecule has 5 nitrogen and oxygen atoms in total. The van der Waals surface area contributed by atoms with Crippen molar-refractivity contribution in [2.24, 2.45) is 0 Å². The smallest absolute Gasteiger partial charge is 0.270 e. The SMILES string of the molecule is COc1c(Cl)cc(C=C2C(=O)NC(=S)N(c3ccc(F)cc3)C2=O)cc1Cl. The number of carbonyl (C=O) groups excluding carboxylic acids is 2. The molecule has 0 spiro atoms. The topological polar surface area (TPSA) is 58.6 Å². The molecule has 9 heteroatoms. The van der Waals surface area contributed by atoms with Gasteiger partial charge >= 0.3 is 0 Å². The zero-order valence-corrected chi connectivity index (χ0v) is 16.1. The minimum absolute atomic E-state index is 0.0976. The van der Waals surface area contributed by atoms with Crippen LogP contribution < -0.4 is 15.0 Å². The normalized spacial score (nSPS) is 15.9. The van der Waals surface area contributed by atoms with Crippen molar-refractivity contribution < 1.29 is 18.7 Å². The van der Waals surface area contributed by atoms with Crippen LogP contribution in [-0.4, -0.2) is 24.0 Å². The van der Waals surface area contributed by atoms with Gasteiger partial charge in [-0.15, -0.1) is 0 Å². The average Bonchev–Trinajstić information content (AvgIpc) is 2.60. The number of ether oxygens (including phenoxy) is 1. The molecule has 0 saturated carbocycles. The minimum atomic E-state index is -0.661. The van der Waals surface area contributed by atoms with Gasteiger partial charge in [-0.25, -0.2) is 4.39 Å². The zero-order valence-electron chi connectivity index (χ0n) is 13.8. The number of carbonyl (C=O) groups is 2. The summed E-state index contributed by atoms with van der Waals surface area (Å²) in [6.07, 6.45) is 1.34. The Kier molecular flexibility index (Phi) is 5.46. The lowest BCUT2D eigenvalue weighted by atomic mass is 10.1. The molecular formula is C18H11Cl2FN2O3S. The first-order chi connectivity index (χ1) is 12.8. The van der Waals surface area contributed by atoms with Crippen molar-refractivity contribution in [3.8, 4) is 5.75 Å². The van der Waals surface area contributed by atoms with Gasteiger partial charge in [-0.1, -0.05) is 23.2 Å². The van der Waals surface area contributed by atoms with Crippen LogP contribution in [0.15, 0.2) is 42.0 Å². The summed E-state index contributed by atoms with van der Waals surface area (Å²) in [6.45, 7) is 0. The highest BCUT2D eigenvalue weighted by molar-refractivity contribution is 7.80. The molecule has 2 aromatic rings. The average molecular weight is 425 g/mol. The van der Waals surface area contributed by atoms with E-state index in [1.807, 2.05) is 0 Å². The van der Waals surface area contributed by atoms with Crippen LogP contribution in [-0.2, 0) is 9.59 Å². The molecular weight excluding hydrogens is 414 g/mol. The Morgan fingerprint density at radius 1 is 1.15 bits per heavy atom. The fraction of sp³-hybridized carbons (Fsp3) is 0.0556. The van der Waals surface area contributed by atoms with Gasteiger partial charge in [0.2, 0.25) is 0 Å². The molecule has 0 radical (unpaired) electrons. The van der Waals surface area contributed by atoms with Crippen molar-refractivity contribution >= 4 is 64.1 Å². The van der Waals surface area contributed by atoms with Crippen molar-refractivity contribution in [2.45, 2.75) is 0 Å². The number of halogens is 3. The van der Waals surface area contributed by atoms with E-state index >= 15 is 0 Å². The summed E-state index contributed by atoms with van der Waals surface area (Å²) in [5.74, 6) is -1.49. The molecule has 1 aliphatic rings. The molecule has 0 atom stereocenters. The number of amides is 2. The van der Waals surface area contributed by atoms with Gasteiger partial charge < -0.3 is 4.74 Å². The van der Waals surface area contributed by atoms with Crippen molar-refractivity contribution in [1.82, 2.24) is 5.32 Å². The summed E-state index contributed by atoms with van der Waals surface area (Å²) < 4.78 is 18.2. The molecule has 27 heavy (non-hydrogen) atoms. The third-order valence-corrected chi connectivity index (χ3v) is 4.57. The first-order valence-electron chi connectivity index (χ1n) is 7.52. The predicted octanol–water partition coefficient (Wildman–Crippen LogP) is 3.97. The molecule has 1 saturated heterocycles. The Balaban J connectivity index is 2.03. The molecule has 3 rings (SSSR count). The maximum Gasteiger partial charge on any atom is 0.270 e. The molecule has 138 valence electrons.